The molecule has 3 aromatic rings. The second-order valence-electron chi connectivity index (χ2n) is 10.5. The van der Waals surface area contributed by atoms with Crippen molar-refractivity contribution in [1.29, 1.82) is 0 Å². The van der Waals surface area contributed by atoms with Crippen LogP contribution in [0.1, 0.15) is 43.7 Å². The Morgan fingerprint density at radius 2 is 1.47 bits per heavy atom. The van der Waals surface area contributed by atoms with Gasteiger partial charge >= 0.3 is 0 Å². The van der Waals surface area contributed by atoms with Gasteiger partial charge in [0.15, 0.2) is 0 Å². The van der Waals surface area contributed by atoms with E-state index < -0.39 is 10.0 Å². The first-order valence-electron chi connectivity index (χ1n) is 13.1. The standard InChI is InChI=1S/C30H37N3O2S/c1-25-15-17-30(18-16-25,33-21-19-32(20-22-33)29-13-6-3-7-14-29)27-11-8-12-28(23-27)31-36(34,35)24-26-9-4-2-5-10-26/h2-14,23,25,31H,15-22,24H2,1H3. The van der Waals surface area contributed by atoms with Gasteiger partial charge in [0.2, 0.25) is 10.0 Å². The average Bonchev–Trinajstić information content (AvgIpc) is 2.90. The van der Waals surface area contributed by atoms with Crippen molar-refractivity contribution in [2.75, 3.05) is 35.8 Å². The van der Waals surface area contributed by atoms with E-state index in [0.717, 1.165) is 50.5 Å². The van der Waals surface area contributed by atoms with Crippen molar-refractivity contribution in [3.8, 4) is 0 Å². The summed E-state index contributed by atoms with van der Waals surface area (Å²) in [6, 6.07) is 28.2. The van der Waals surface area contributed by atoms with Gasteiger partial charge in [-0.15, -0.1) is 0 Å². The number of hydrogen-bond donors (Lipinski definition) is 1. The van der Waals surface area contributed by atoms with Gasteiger partial charge in [0, 0.05) is 43.1 Å². The second-order valence-corrected chi connectivity index (χ2v) is 12.2. The fourth-order valence-corrected chi connectivity index (χ4v) is 7.13. The van der Waals surface area contributed by atoms with E-state index in [9.17, 15) is 8.42 Å². The van der Waals surface area contributed by atoms with E-state index >= 15 is 0 Å². The molecule has 5 nitrogen and oxygen atoms in total. The molecule has 0 bridgehead atoms. The van der Waals surface area contributed by atoms with Crippen LogP contribution in [-0.2, 0) is 21.3 Å². The van der Waals surface area contributed by atoms with Gasteiger partial charge in [-0.1, -0.05) is 67.6 Å². The molecule has 1 saturated heterocycles. The zero-order valence-corrected chi connectivity index (χ0v) is 22.0. The third kappa shape index (κ3) is 5.60. The number of nitrogens with one attached hydrogen (secondary N) is 1. The molecule has 5 rings (SSSR count). The summed E-state index contributed by atoms with van der Waals surface area (Å²) in [5.74, 6) is 0.707. The van der Waals surface area contributed by atoms with Crippen molar-refractivity contribution in [2.45, 2.75) is 43.9 Å². The molecule has 2 fully saturated rings. The zero-order chi connectivity index (χ0) is 25.0. The van der Waals surface area contributed by atoms with Crippen LogP contribution in [0.5, 0.6) is 0 Å². The first-order chi connectivity index (χ1) is 17.4. The number of anilines is 2. The monoisotopic (exact) mass is 503 g/mol. The highest BCUT2D eigenvalue weighted by Gasteiger charge is 2.42. The van der Waals surface area contributed by atoms with Gasteiger partial charge in [0.1, 0.15) is 0 Å². The highest BCUT2D eigenvalue weighted by Crippen LogP contribution is 2.45. The van der Waals surface area contributed by atoms with E-state index in [-0.39, 0.29) is 11.3 Å². The molecule has 6 heteroatoms. The van der Waals surface area contributed by atoms with Crippen molar-refractivity contribution < 1.29 is 8.42 Å². The Bertz CT molecular complexity index is 1230. The van der Waals surface area contributed by atoms with Crippen LogP contribution in [0.3, 0.4) is 0 Å². The first kappa shape index (κ1) is 24.8. The van der Waals surface area contributed by atoms with Crippen LogP contribution in [0.15, 0.2) is 84.9 Å². The molecule has 1 aliphatic heterocycles. The molecule has 0 spiro atoms. The predicted octanol–water partition coefficient (Wildman–Crippen LogP) is 5.86. The Kier molecular flexibility index (Phi) is 7.35. The summed E-state index contributed by atoms with van der Waals surface area (Å²) in [5, 5.41) is 0. The maximum absolute atomic E-state index is 12.9. The summed E-state index contributed by atoms with van der Waals surface area (Å²) in [4.78, 5) is 5.15. The summed E-state index contributed by atoms with van der Waals surface area (Å²) < 4.78 is 28.7. The number of piperazine rings is 1. The van der Waals surface area contributed by atoms with Gasteiger partial charge in [-0.3, -0.25) is 9.62 Å². The maximum atomic E-state index is 12.9. The summed E-state index contributed by atoms with van der Waals surface area (Å²) in [6.07, 6.45) is 4.62. The van der Waals surface area contributed by atoms with Crippen LogP contribution in [0, 0.1) is 5.92 Å². The van der Waals surface area contributed by atoms with E-state index in [1.54, 1.807) is 0 Å². The van der Waals surface area contributed by atoms with Gasteiger partial charge in [-0.05, 0) is 67.0 Å². The van der Waals surface area contributed by atoms with Gasteiger partial charge in [-0.2, -0.15) is 0 Å². The summed E-state index contributed by atoms with van der Waals surface area (Å²) in [5.41, 5.74) is 3.93. The number of sulfonamides is 1. The van der Waals surface area contributed by atoms with Crippen molar-refractivity contribution in [3.63, 3.8) is 0 Å². The summed E-state index contributed by atoms with van der Waals surface area (Å²) in [7, 11) is -3.50. The van der Waals surface area contributed by atoms with E-state index in [0.29, 0.717) is 5.69 Å². The van der Waals surface area contributed by atoms with Crippen LogP contribution in [0.2, 0.25) is 0 Å². The molecule has 1 saturated carbocycles. The Hall–Kier alpha value is -2.83. The second kappa shape index (κ2) is 10.7. The third-order valence-electron chi connectivity index (χ3n) is 7.98. The molecule has 1 N–H and O–H groups in total. The van der Waals surface area contributed by atoms with Gasteiger partial charge in [-0.25, -0.2) is 8.42 Å². The van der Waals surface area contributed by atoms with Crippen molar-refractivity contribution in [1.82, 2.24) is 4.90 Å². The first-order valence-corrected chi connectivity index (χ1v) is 14.8. The Labute approximate surface area is 216 Å². The van der Waals surface area contributed by atoms with Crippen molar-refractivity contribution >= 4 is 21.4 Å². The molecule has 0 aromatic heterocycles. The highest BCUT2D eigenvalue weighted by atomic mass is 32.2. The lowest BCUT2D eigenvalue weighted by Crippen LogP contribution is -2.56. The lowest BCUT2D eigenvalue weighted by molar-refractivity contribution is 0.0299. The Balaban J connectivity index is 1.36. The topological polar surface area (TPSA) is 52.7 Å². The molecule has 2 aliphatic rings. The molecule has 0 unspecified atom stereocenters. The molecule has 36 heavy (non-hydrogen) atoms. The lowest BCUT2D eigenvalue weighted by atomic mass is 9.71. The molecule has 1 heterocycles. The Morgan fingerprint density at radius 3 is 2.14 bits per heavy atom. The fourth-order valence-electron chi connectivity index (χ4n) is 5.94. The van der Waals surface area contributed by atoms with Gasteiger partial charge in [0.25, 0.3) is 0 Å². The smallest absolute Gasteiger partial charge is 0.236 e. The summed E-state index contributed by atoms with van der Waals surface area (Å²) in [6.45, 7) is 6.38. The van der Waals surface area contributed by atoms with Crippen molar-refractivity contribution in [3.05, 3.63) is 96.1 Å². The molecule has 0 radical (unpaired) electrons. The minimum atomic E-state index is -3.50. The third-order valence-corrected chi connectivity index (χ3v) is 9.24. The normalized spacial score (nSPS) is 23.4. The number of para-hydroxylation sites is 1. The minimum absolute atomic E-state index is 0.0256. The van der Waals surface area contributed by atoms with Gasteiger partial charge < -0.3 is 4.90 Å². The minimum Gasteiger partial charge on any atom is -0.369 e. The highest BCUT2D eigenvalue weighted by molar-refractivity contribution is 7.91. The molecule has 0 amide bonds. The molecular formula is C30H37N3O2S. The fraction of sp³-hybridized carbons (Fsp3) is 0.400. The number of hydrogen-bond acceptors (Lipinski definition) is 4. The maximum Gasteiger partial charge on any atom is 0.236 e. The molecule has 1 aliphatic carbocycles. The van der Waals surface area contributed by atoms with E-state index in [4.69, 9.17) is 0 Å². The van der Waals surface area contributed by atoms with Crippen molar-refractivity contribution in [2.24, 2.45) is 5.92 Å². The van der Waals surface area contributed by atoms with Crippen LogP contribution in [0.4, 0.5) is 11.4 Å². The predicted molar refractivity (Wildman–Crippen MR) is 149 cm³/mol. The SMILES string of the molecule is CC1CCC(c2cccc(NS(=O)(=O)Cc3ccccc3)c2)(N2CCN(c3ccccc3)CC2)CC1. The summed E-state index contributed by atoms with van der Waals surface area (Å²) >= 11 is 0. The van der Waals surface area contributed by atoms with E-state index in [1.165, 1.54) is 24.1 Å². The number of nitrogens with zero attached hydrogens (tertiary/aromatic N) is 2. The lowest BCUT2D eigenvalue weighted by Gasteiger charge is -2.51. The average molecular weight is 504 g/mol. The molecule has 0 atom stereocenters. The molecule has 190 valence electrons. The van der Waals surface area contributed by atoms with Crippen LogP contribution in [-0.4, -0.2) is 39.5 Å². The van der Waals surface area contributed by atoms with E-state index in [2.05, 4.69) is 63.9 Å². The van der Waals surface area contributed by atoms with Gasteiger partial charge in [0.05, 0.1) is 5.75 Å². The van der Waals surface area contributed by atoms with E-state index in [1.807, 2.05) is 42.5 Å². The van der Waals surface area contributed by atoms with Crippen LogP contribution >= 0.6 is 0 Å². The molecular weight excluding hydrogens is 466 g/mol. The zero-order valence-electron chi connectivity index (χ0n) is 21.1. The number of rotatable bonds is 7. The Morgan fingerprint density at radius 1 is 0.833 bits per heavy atom. The largest absolute Gasteiger partial charge is 0.369 e. The van der Waals surface area contributed by atoms with Crippen LogP contribution < -0.4 is 9.62 Å². The molecule has 3 aromatic carbocycles. The number of benzene rings is 3. The quantitative estimate of drug-likeness (QED) is 0.439. The van der Waals surface area contributed by atoms with Crippen LogP contribution in [0.25, 0.3) is 0 Å².